The minimum Gasteiger partial charge on any atom is -0.199 e. The summed E-state index contributed by atoms with van der Waals surface area (Å²) in [7, 11) is -3.53. The molecule has 0 spiro atoms. The lowest BCUT2D eigenvalue weighted by molar-refractivity contribution is 0.580. The molecule has 0 amide bonds. The molecule has 0 N–H and O–H groups in total. The molecule has 0 fully saturated rings. The standard InChI is InChI=1S/C10H9IN2O2S/c1-8-2-4-10(5-3-8)16(14,15)13-7-9(11)6-12-13/h2-7H,1H3. The predicted molar refractivity (Wildman–Crippen MR) is 68.7 cm³/mol. The molecule has 1 aromatic carbocycles. The van der Waals surface area contributed by atoms with E-state index in [-0.39, 0.29) is 4.90 Å². The summed E-state index contributed by atoms with van der Waals surface area (Å²) in [6, 6.07) is 6.70. The Balaban J connectivity index is 2.51. The zero-order valence-corrected chi connectivity index (χ0v) is 11.4. The molecule has 4 nitrogen and oxygen atoms in total. The Morgan fingerprint density at radius 3 is 2.38 bits per heavy atom. The zero-order chi connectivity index (χ0) is 11.8. The van der Waals surface area contributed by atoms with Gasteiger partial charge in [-0.05, 0) is 41.6 Å². The molecule has 2 rings (SSSR count). The average Bonchev–Trinajstić information content (AvgIpc) is 2.66. The Kier molecular flexibility index (Phi) is 3.02. The van der Waals surface area contributed by atoms with Crippen molar-refractivity contribution in [2.45, 2.75) is 11.8 Å². The van der Waals surface area contributed by atoms with Crippen molar-refractivity contribution >= 4 is 32.6 Å². The zero-order valence-electron chi connectivity index (χ0n) is 8.46. The molecule has 84 valence electrons. The van der Waals surface area contributed by atoms with Crippen LogP contribution in [0.2, 0.25) is 0 Å². The number of halogens is 1. The van der Waals surface area contributed by atoms with Crippen molar-refractivity contribution in [2.75, 3.05) is 0 Å². The SMILES string of the molecule is Cc1ccc(S(=O)(=O)n2cc(I)cn2)cc1. The maximum atomic E-state index is 12.1. The summed E-state index contributed by atoms with van der Waals surface area (Å²) < 4.78 is 25.9. The monoisotopic (exact) mass is 348 g/mol. The van der Waals surface area contributed by atoms with Crippen LogP contribution in [0, 0.1) is 10.5 Å². The van der Waals surface area contributed by atoms with Crippen LogP contribution in [0.4, 0.5) is 0 Å². The number of hydrogen-bond donors (Lipinski definition) is 0. The Morgan fingerprint density at radius 2 is 1.88 bits per heavy atom. The highest BCUT2D eigenvalue weighted by molar-refractivity contribution is 14.1. The minimum absolute atomic E-state index is 0.248. The molecule has 1 aromatic heterocycles. The maximum Gasteiger partial charge on any atom is 0.282 e. The van der Waals surface area contributed by atoms with Crippen molar-refractivity contribution in [3.63, 3.8) is 0 Å². The second-order valence-electron chi connectivity index (χ2n) is 3.35. The van der Waals surface area contributed by atoms with Crippen LogP contribution in [0.15, 0.2) is 41.6 Å². The molecule has 6 heteroatoms. The molecule has 0 aliphatic rings. The highest BCUT2D eigenvalue weighted by Gasteiger charge is 2.17. The minimum atomic E-state index is -3.53. The van der Waals surface area contributed by atoms with E-state index in [0.29, 0.717) is 0 Å². The van der Waals surface area contributed by atoms with Gasteiger partial charge >= 0.3 is 0 Å². The summed E-state index contributed by atoms with van der Waals surface area (Å²) in [5.41, 5.74) is 1.02. The molecule has 0 aliphatic heterocycles. The van der Waals surface area contributed by atoms with Crippen LogP contribution in [0.1, 0.15) is 5.56 Å². The molecule has 0 atom stereocenters. The van der Waals surface area contributed by atoms with E-state index in [1.807, 2.05) is 29.5 Å². The van der Waals surface area contributed by atoms with Crippen molar-refractivity contribution in [3.8, 4) is 0 Å². The van der Waals surface area contributed by atoms with E-state index >= 15 is 0 Å². The fourth-order valence-corrected chi connectivity index (χ4v) is 2.93. The molecule has 0 bridgehead atoms. The third-order valence-electron chi connectivity index (χ3n) is 2.09. The van der Waals surface area contributed by atoms with Gasteiger partial charge in [0, 0.05) is 0 Å². The summed E-state index contributed by atoms with van der Waals surface area (Å²) >= 11 is 2.02. The van der Waals surface area contributed by atoms with Gasteiger partial charge in [-0.15, -0.1) is 0 Å². The van der Waals surface area contributed by atoms with Gasteiger partial charge in [0.05, 0.1) is 20.9 Å². The van der Waals surface area contributed by atoms with Crippen LogP contribution < -0.4 is 0 Å². The van der Waals surface area contributed by atoms with Gasteiger partial charge in [0.15, 0.2) is 0 Å². The van der Waals surface area contributed by atoms with Crippen molar-refractivity contribution < 1.29 is 8.42 Å². The molecular weight excluding hydrogens is 339 g/mol. The topological polar surface area (TPSA) is 52.0 Å². The highest BCUT2D eigenvalue weighted by Crippen LogP contribution is 2.14. The van der Waals surface area contributed by atoms with E-state index in [2.05, 4.69) is 5.10 Å². The second-order valence-corrected chi connectivity index (χ2v) is 6.39. The number of nitrogens with zero attached hydrogens (tertiary/aromatic N) is 2. The van der Waals surface area contributed by atoms with E-state index in [0.717, 1.165) is 13.2 Å². The summed E-state index contributed by atoms with van der Waals surface area (Å²) in [6.07, 6.45) is 2.99. The van der Waals surface area contributed by atoms with Gasteiger partial charge in [-0.2, -0.15) is 17.6 Å². The lowest BCUT2D eigenvalue weighted by Crippen LogP contribution is -2.13. The first-order chi connectivity index (χ1) is 7.50. The third kappa shape index (κ3) is 2.12. The molecule has 0 unspecified atom stereocenters. The summed E-state index contributed by atoms with van der Waals surface area (Å²) in [4.78, 5) is 0.248. The van der Waals surface area contributed by atoms with Gasteiger partial charge in [-0.3, -0.25) is 0 Å². The maximum absolute atomic E-state index is 12.1. The van der Waals surface area contributed by atoms with E-state index in [1.54, 1.807) is 24.3 Å². The van der Waals surface area contributed by atoms with Crippen molar-refractivity contribution in [1.82, 2.24) is 9.19 Å². The fraction of sp³-hybridized carbons (Fsp3) is 0.100. The molecule has 16 heavy (non-hydrogen) atoms. The summed E-state index contributed by atoms with van der Waals surface area (Å²) in [5, 5.41) is 3.81. The molecule has 0 aliphatic carbocycles. The van der Waals surface area contributed by atoms with Gasteiger partial charge in [0.25, 0.3) is 10.0 Å². The number of aromatic nitrogens is 2. The van der Waals surface area contributed by atoms with E-state index in [1.165, 1.54) is 12.4 Å². The quantitative estimate of drug-likeness (QED) is 0.781. The third-order valence-corrected chi connectivity index (χ3v) is 4.21. The second kappa shape index (κ2) is 4.17. The van der Waals surface area contributed by atoms with Gasteiger partial charge in [-0.25, -0.2) is 0 Å². The first-order valence-corrected chi connectivity index (χ1v) is 7.04. The van der Waals surface area contributed by atoms with Crippen molar-refractivity contribution in [3.05, 3.63) is 45.8 Å². The Hall–Kier alpha value is -0.890. The normalized spacial score (nSPS) is 11.6. The number of rotatable bonds is 2. The number of benzene rings is 1. The van der Waals surface area contributed by atoms with Crippen LogP contribution in [-0.2, 0) is 10.0 Å². The summed E-state index contributed by atoms with van der Waals surface area (Å²) in [5.74, 6) is 0. The number of hydrogen-bond acceptors (Lipinski definition) is 3. The average molecular weight is 348 g/mol. The van der Waals surface area contributed by atoms with E-state index in [4.69, 9.17) is 0 Å². The Labute approximate surface area is 107 Å². The van der Waals surface area contributed by atoms with Crippen LogP contribution in [0.3, 0.4) is 0 Å². The molecule has 0 saturated carbocycles. The van der Waals surface area contributed by atoms with Crippen LogP contribution in [0.5, 0.6) is 0 Å². The highest BCUT2D eigenvalue weighted by atomic mass is 127. The van der Waals surface area contributed by atoms with Gasteiger partial charge in [0.1, 0.15) is 0 Å². The van der Waals surface area contributed by atoms with Gasteiger partial charge in [0.2, 0.25) is 0 Å². The fourth-order valence-electron chi connectivity index (χ4n) is 1.23. The molecular formula is C10H9IN2O2S. The Morgan fingerprint density at radius 1 is 1.25 bits per heavy atom. The smallest absolute Gasteiger partial charge is 0.199 e. The van der Waals surface area contributed by atoms with Crippen LogP contribution >= 0.6 is 22.6 Å². The van der Waals surface area contributed by atoms with Crippen LogP contribution in [-0.4, -0.2) is 17.6 Å². The molecule has 2 aromatic rings. The molecule has 0 saturated heterocycles. The largest absolute Gasteiger partial charge is 0.282 e. The summed E-state index contributed by atoms with van der Waals surface area (Å²) in [6.45, 7) is 1.91. The number of aryl methyl sites for hydroxylation is 1. The molecule has 0 radical (unpaired) electrons. The van der Waals surface area contributed by atoms with Crippen molar-refractivity contribution in [2.24, 2.45) is 0 Å². The lowest BCUT2D eigenvalue weighted by Gasteiger charge is -2.03. The predicted octanol–water partition coefficient (Wildman–Crippen LogP) is 2.03. The van der Waals surface area contributed by atoms with E-state index in [9.17, 15) is 8.42 Å². The Bertz CT molecular complexity index is 602. The van der Waals surface area contributed by atoms with Crippen LogP contribution in [0.25, 0.3) is 0 Å². The first-order valence-electron chi connectivity index (χ1n) is 4.52. The first kappa shape index (κ1) is 11.6. The van der Waals surface area contributed by atoms with Gasteiger partial charge in [-0.1, -0.05) is 17.7 Å². The van der Waals surface area contributed by atoms with Gasteiger partial charge < -0.3 is 0 Å². The molecule has 1 heterocycles. The lowest BCUT2D eigenvalue weighted by atomic mass is 10.2. The van der Waals surface area contributed by atoms with E-state index < -0.39 is 10.0 Å². The van der Waals surface area contributed by atoms with Crippen molar-refractivity contribution in [1.29, 1.82) is 0 Å².